The maximum atomic E-state index is 6.08. The average Bonchev–Trinajstić information content (AvgIpc) is 2.78. The predicted octanol–water partition coefficient (Wildman–Crippen LogP) is 3.89. The third-order valence-corrected chi connectivity index (χ3v) is 6.25. The van der Waals surface area contributed by atoms with Crippen molar-refractivity contribution in [3.05, 3.63) is 16.6 Å². The first kappa shape index (κ1) is 15.2. The molecule has 0 saturated heterocycles. The summed E-state index contributed by atoms with van der Waals surface area (Å²) in [5, 5.41) is 3.17. The number of ether oxygens (including phenoxy) is 2. The van der Waals surface area contributed by atoms with Crippen LogP contribution < -0.4 is 0 Å². The molecule has 0 aromatic carbocycles. The van der Waals surface area contributed by atoms with E-state index in [4.69, 9.17) is 9.47 Å². The van der Waals surface area contributed by atoms with Gasteiger partial charge in [-0.05, 0) is 25.3 Å². The molecule has 1 saturated carbocycles. The zero-order valence-electron chi connectivity index (χ0n) is 12.3. The Bertz CT molecular complexity index is 371. The van der Waals surface area contributed by atoms with Crippen molar-refractivity contribution in [3.8, 4) is 0 Å². The van der Waals surface area contributed by atoms with Gasteiger partial charge in [0.25, 0.3) is 0 Å². The van der Waals surface area contributed by atoms with Gasteiger partial charge in [0.2, 0.25) is 0 Å². The van der Waals surface area contributed by atoms with E-state index in [1.54, 1.807) is 11.3 Å². The summed E-state index contributed by atoms with van der Waals surface area (Å²) in [6.07, 6.45) is 5.33. The van der Waals surface area contributed by atoms with Gasteiger partial charge in [0, 0.05) is 26.3 Å². The normalized spacial score (nSPS) is 18.3. The van der Waals surface area contributed by atoms with Crippen LogP contribution in [-0.2, 0) is 15.1 Å². The highest BCUT2D eigenvalue weighted by Gasteiger charge is 2.42. The molecule has 1 aromatic heterocycles. The molecule has 1 aliphatic carbocycles. The summed E-state index contributed by atoms with van der Waals surface area (Å²) < 4.78 is 11.8. The quantitative estimate of drug-likeness (QED) is 0.539. The molecular formula is C14H25NO2SSi. The van der Waals surface area contributed by atoms with Crippen LogP contribution in [0.2, 0.25) is 25.7 Å². The molecule has 0 atom stereocenters. The van der Waals surface area contributed by atoms with E-state index in [1.165, 1.54) is 12.5 Å². The Balaban J connectivity index is 1.65. The highest BCUT2D eigenvalue weighted by Crippen LogP contribution is 2.45. The van der Waals surface area contributed by atoms with Crippen LogP contribution in [0.1, 0.15) is 24.3 Å². The minimum atomic E-state index is -0.967. The minimum Gasteiger partial charge on any atom is -0.379 e. The van der Waals surface area contributed by atoms with Crippen LogP contribution in [0.4, 0.5) is 0 Å². The van der Waals surface area contributed by atoms with Crippen molar-refractivity contribution in [1.29, 1.82) is 0 Å². The Morgan fingerprint density at radius 1 is 1.26 bits per heavy atom. The van der Waals surface area contributed by atoms with Gasteiger partial charge in [0.05, 0.1) is 13.2 Å². The van der Waals surface area contributed by atoms with Gasteiger partial charge in [-0.3, -0.25) is 0 Å². The summed E-state index contributed by atoms with van der Waals surface area (Å²) >= 11 is 1.71. The summed E-state index contributed by atoms with van der Waals surface area (Å²) in [4.78, 5) is 4.42. The summed E-state index contributed by atoms with van der Waals surface area (Å²) in [6.45, 7) is 9.39. The molecular weight excluding hydrogens is 274 g/mol. The molecule has 1 aromatic rings. The van der Waals surface area contributed by atoms with Crippen molar-refractivity contribution in [2.75, 3.05) is 19.8 Å². The van der Waals surface area contributed by atoms with Crippen molar-refractivity contribution in [2.45, 2.75) is 50.5 Å². The molecule has 0 bridgehead atoms. The second-order valence-electron chi connectivity index (χ2n) is 6.46. The van der Waals surface area contributed by atoms with E-state index < -0.39 is 8.07 Å². The van der Waals surface area contributed by atoms with Gasteiger partial charge in [0.1, 0.15) is 10.6 Å². The molecule has 0 radical (unpaired) electrons. The molecule has 5 heteroatoms. The van der Waals surface area contributed by atoms with Crippen molar-refractivity contribution < 1.29 is 9.47 Å². The lowest BCUT2D eigenvalue weighted by Gasteiger charge is -2.39. The van der Waals surface area contributed by atoms with Gasteiger partial charge in [-0.25, -0.2) is 4.98 Å². The summed E-state index contributed by atoms with van der Waals surface area (Å²) in [7, 11) is -0.967. The number of hydrogen-bond donors (Lipinski definition) is 0. The van der Waals surface area contributed by atoms with Crippen LogP contribution >= 0.6 is 11.3 Å². The molecule has 1 aliphatic rings. The Morgan fingerprint density at radius 3 is 2.58 bits per heavy atom. The molecule has 0 aliphatic heterocycles. The average molecular weight is 300 g/mol. The first-order chi connectivity index (χ1) is 9.02. The molecule has 0 N–H and O–H groups in total. The Morgan fingerprint density at radius 2 is 2.05 bits per heavy atom. The highest BCUT2D eigenvalue weighted by atomic mass is 32.1. The SMILES string of the molecule is C[Si](C)(C)CCOCCOC1(c2nccs2)CCC1. The molecule has 0 unspecified atom stereocenters. The fraction of sp³-hybridized carbons (Fsp3) is 0.786. The zero-order chi connectivity index (χ0) is 13.8. The topological polar surface area (TPSA) is 31.4 Å². The third kappa shape index (κ3) is 4.38. The third-order valence-electron chi connectivity index (χ3n) is 3.59. The van der Waals surface area contributed by atoms with Crippen molar-refractivity contribution in [3.63, 3.8) is 0 Å². The van der Waals surface area contributed by atoms with Crippen LogP contribution in [0.3, 0.4) is 0 Å². The first-order valence-corrected chi connectivity index (χ1v) is 11.7. The van der Waals surface area contributed by atoms with Gasteiger partial charge in [-0.1, -0.05) is 19.6 Å². The van der Waals surface area contributed by atoms with Crippen LogP contribution in [0.15, 0.2) is 11.6 Å². The maximum Gasteiger partial charge on any atom is 0.125 e. The van der Waals surface area contributed by atoms with Crippen LogP contribution in [0, 0.1) is 0 Å². The van der Waals surface area contributed by atoms with Crippen molar-refractivity contribution in [1.82, 2.24) is 4.98 Å². The zero-order valence-corrected chi connectivity index (χ0v) is 14.1. The summed E-state index contributed by atoms with van der Waals surface area (Å²) in [6, 6.07) is 1.23. The first-order valence-electron chi connectivity index (χ1n) is 7.14. The largest absolute Gasteiger partial charge is 0.379 e. The Labute approximate surface area is 121 Å². The maximum absolute atomic E-state index is 6.08. The molecule has 0 spiro atoms. The van der Waals surface area contributed by atoms with Gasteiger partial charge >= 0.3 is 0 Å². The predicted molar refractivity (Wildman–Crippen MR) is 82.6 cm³/mol. The lowest BCUT2D eigenvalue weighted by atomic mass is 9.80. The van der Waals surface area contributed by atoms with Gasteiger partial charge < -0.3 is 9.47 Å². The molecule has 1 fully saturated rings. The number of thiazole rings is 1. The van der Waals surface area contributed by atoms with E-state index in [-0.39, 0.29) is 5.60 Å². The summed E-state index contributed by atoms with van der Waals surface area (Å²) in [5.74, 6) is 0. The fourth-order valence-corrected chi connectivity index (χ4v) is 3.75. The minimum absolute atomic E-state index is 0.0870. The van der Waals surface area contributed by atoms with Gasteiger partial charge in [-0.2, -0.15) is 0 Å². The van der Waals surface area contributed by atoms with Crippen LogP contribution in [0.5, 0.6) is 0 Å². The second kappa shape index (κ2) is 6.48. The van der Waals surface area contributed by atoms with E-state index in [1.807, 2.05) is 11.6 Å². The lowest BCUT2D eigenvalue weighted by molar-refractivity contribution is -0.119. The lowest BCUT2D eigenvalue weighted by Crippen LogP contribution is -2.38. The van der Waals surface area contributed by atoms with Crippen molar-refractivity contribution >= 4 is 19.4 Å². The molecule has 108 valence electrons. The van der Waals surface area contributed by atoms with Gasteiger partial charge in [0.15, 0.2) is 0 Å². The fourth-order valence-electron chi connectivity index (χ4n) is 2.14. The van der Waals surface area contributed by atoms with E-state index in [9.17, 15) is 0 Å². The summed E-state index contributed by atoms with van der Waals surface area (Å²) in [5.41, 5.74) is -0.0870. The molecule has 19 heavy (non-hydrogen) atoms. The van der Waals surface area contributed by atoms with E-state index >= 15 is 0 Å². The number of aromatic nitrogens is 1. The highest BCUT2D eigenvalue weighted by molar-refractivity contribution is 7.09. The van der Waals surface area contributed by atoms with Crippen LogP contribution in [0.25, 0.3) is 0 Å². The standard InChI is InChI=1S/C14H25NO2SSi/c1-19(2,3)12-10-16-8-9-17-14(5-4-6-14)13-15-7-11-18-13/h7,11H,4-6,8-10,12H2,1-3H3. The van der Waals surface area contributed by atoms with E-state index in [0.717, 1.165) is 24.5 Å². The van der Waals surface area contributed by atoms with Crippen molar-refractivity contribution in [2.24, 2.45) is 0 Å². The Kier molecular flexibility index (Phi) is 5.17. The number of nitrogens with zero attached hydrogens (tertiary/aromatic N) is 1. The molecule has 0 amide bonds. The smallest absolute Gasteiger partial charge is 0.125 e. The number of hydrogen-bond acceptors (Lipinski definition) is 4. The van der Waals surface area contributed by atoms with E-state index in [0.29, 0.717) is 13.2 Å². The Hall–Kier alpha value is -0.233. The monoisotopic (exact) mass is 299 g/mol. The molecule has 3 nitrogen and oxygen atoms in total. The van der Waals surface area contributed by atoms with E-state index in [2.05, 4.69) is 24.6 Å². The molecule has 1 heterocycles. The van der Waals surface area contributed by atoms with Gasteiger partial charge in [-0.15, -0.1) is 11.3 Å². The molecule has 2 rings (SSSR count). The second-order valence-corrected chi connectivity index (χ2v) is 13.0. The number of rotatable bonds is 8. The van der Waals surface area contributed by atoms with Crippen LogP contribution in [-0.4, -0.2) is 32.9 Å².